The van der Waals surface area contributed by atoms with Crippen molar-refractivity contribution < 1.29 is 28.8 Å². The fourth-order valence-electron chi connectivity index (χ4n) is 5.54. The van der Waals surface area contributed by atoms with Gasteiger partial charge in [-0.1, -0.05) is 30.7 Å². The summed E-state index contributed by atoms with van der Waals surface area (Å²) in [6.45, 7) is 1.86. The van der Waals surface area contributed by atoms with Crippen molar-refractivity contribution in [2.45, 2.75) is 37.1 Å². The quantitative estimate of drug-likeness (QED) is 0.566. The number of ether oxygens (including phenoxy) is 4. The van der Waals surface area contributed by atoms with Gasteiger partial charge in [0.05, 0.1) is 21.3 Å². The van der Waals surface area contributed by atoms with Gasteiger partial charge in [-0.25, -0.2) is 0 Å². The van der Waals surface area contributed by atoms with Crippen LogP contribution in [0, 0.1) is 11.8 Å². The largest absolute Gasteiger partial charge is 0.497 e. The summed E-state index contributed by atoms with van der Waals surface area (Å²) in [5.74, 6) is 0.136. The van der Waals surface area contributed by atoms with E-state index in [0.29, 0.717) is 17.9 Å². The highest BCUT2D eigenvalue weighted by molar-refractivity contribution is 6.35. The minimum absolute atomic E-state index is 0.158. The topological polar surface area (TPSA) is 112 Å². The Morgan fingerprint density at radius 1 is 1.21 bits per heavy atom. The first kappa shape index (κ1) is 24.6. The van der Waals surface area contributed by atoms with E-state index in [1.54, 1.807) is 20.2 Å². The second kappa shape index (κ2) is 9.26. The number of aliphatic hydroxyl groups is 1. The van der Waals surface area contributed by atoms with Crippen LogP contribution >= 0.6 is 11.6 Å². The molecule has 2 aromatic carbocycles. The molecule has 1 fully saturated rings. The number of ketones is 1. The summed E-state index contributed by atoms with van der Waals surface area (Å²) in [6, 6.07) is 8.34. The zero-order chi connectivity index (χ0) is 24.8. The van der Waals surface area contributed by atoms with Crippen molar-refractivity contribution in [3.8, 4) is 23.0 Å². The molecule has 1 aliphatic heterocycles. The molecule has 34 heavy (non-hydrogen) atoms. The molecule has 3 unspecified atom stereocenters. The van der Waals surface area contributed by atoms with E-state index < -0.39 is 23.7 Å². The molecule has 0 saturated heterocycles. The summed E-state index contributed by atoms with van der Waals surface area (Å²) >= 11 is 6.54. The molecule has 0 bridgehead atoms. The van der Waals surface area contributed by atoms with Crippen LogP contribution in [0.2, 0.25) is 5.02 Å². The van der Waals surface area contributed by atoms with Crippen molar-refractivity contribution in [3.05, 3.63) is 46.5 Å². The van der Waals surface area contributed by atoms with Crippen LogP contribution in [0.15, 0.2) is 30.3 Å². The minimum Gasteiger partial charge on any atom is -0.497 e. The first-order chi connectivity index (χ1) is 16.2. The van der Waals surface area contributed by atoms with Gasteiger partial charge in [-0.3, -0.25) is 4.79 Å². The zero-order valence-corrected chi connectivity index (χ0v) is 20.7. The van der Waals surface area contributed by atoms with Gasteiger partial charge in [0, 0.05) is 30.0 Å². The van der Waals surface area contributed by atoms with E-state index in [1.165, 1.54) is 14.2 Å². The van der Waals surface area contributed by atoms with Gasteiger partial charge < -0.3 is 35.1 Å². The molecule has 4 N–H and O–H groups in total. The van der Waals surface area contributed by atoms with Gasteiger partial charge in [0.25, 0.3) is 0 Å². The monoisotopic (exact) mass is 490 g/mol. The molecule has 1 saturated carbocycles. The highest BCUT2D eigenvalue weighted by Gasteiger charge is 2.64. The number of aliphatic hydroxyl groups excluding tert-OH is 1. The number of halogens is 1. The zero-order valence-electron chi connectivity index (χ0n) is 19.9. The summed E-state index contributed by atoms with van der Waals surface area (Å²) in [4.78, 5) is 14.0. The van der Waals surface area contributed by atoms with Gasteiger partial charge in [0.15, 0.2) is 5.75 Å². The molecule has 0 amide bonds. The lowest BCUT2D eigenvalue weighted by Crippen LogP contribution is -2.67. The van der Waals surface area contributed by atoms with Gasteiger partial charge in [-0.15, -0.1) is 0 Å². The first-order valence-corrected chi connectivity index (χ1v) is 11.6. The van der Waals surface area contributed by atoms with Gasteiger partial charge in [0.2, 0.25) is 11.4 Å². The van der Waals surface area contributed by atoms with E-state index >= 15 is 0 Å². The second-order valence-electron chi connectivity index (χ2n) is 8.89. The molecule has 1 heterocycles. The van der Waals surface area contributed by atoms with Gasteiger partial charge in [-0.2, -0.15) is 0 Å². The molecule has 0 radical (unpaired) electrons. The highest BCUT2D eigenvalue weighted by atomic mass is 35.5. The van der Waals surface area contributed by atoms with E-state index in [2.05, 4.69) is 5.32 Å². The van der Waals surface area contributed by atoms with Crippen LogP contribution in [-0.2, 0) is 0 Å². The summed E-state index contributed by atoms with van der Waals surface area (Å²) in [5.41, 5.74) is 6.12. The molecule has 2 aliphatic rings. The maximum absolute atomic E-state index is 14.0. The lowest BCUT2D eigenvalue weighted by atomic mass is 9.62. The Balaban J connectivity index is 1.82. The van der Waals surface area contributed by atoms with E-state index in [9.17, 15) is 9.90 Å². The van der Waals surface area contributed by atoms with E-state index in [0.717, 1.165) is 5.56 Å². The summed E-state index contributed by atoms with van der Waals surface area (Å²) < 4.78 is 22.5. The molecule has 0 aromatic heterocycles. The molecule has 1 aliphatic carbocycles. The van der Waals surface area contributed by atoms with Gasteiger partial charge >= 0.3 is 0 Å². The second-order valence-corrected chi connectivity index (χ2v) is 9.27. The number of fused-ring (bicyclic) bond motifs is 1. The number of nitrogens with one attached hydrogen (secondary N) is 1. The van der Waals surface area contributed by atoms with Gasteiger partial charge in [-0.05, 0) is 31.2 Å². The van der Waals surface area contributed by atoms with Crippen molar-refractivity contribution in [2.24, 2.45) is 17.6 Å². The van der Waals surface area contributed by atoms with Crippen molar-refractivity contribution in [3.63, 3.8) is 0 Å². The van der Waals surface area contributed by atoms with Crippen LogP contribution in [0.1, 0.15) is 35.3 Å². The van der Waals surface area contributed by atoms with Crippen molar-refractivity contribution in [1.82, 2.24) is 5.32 Å². The molecule has 1 spiro atoms. The smallest absolute Gasteiger partial charge is 0.216 e. The highest BCUT2D eigenvalue weighted by Crippen LogP contribution is 2.55. The molecular weight excluding hydrogens is 460 g/mol. The Bertz CT molecular complexity index is 1100. The van der Waals surface area contributed by atoms with E-state index in [4.69, 9.17) is 36.3 Å². The van der Waals surface area contributed by atoms with E-state index in [-0.39, 0.29) is 39.8 Å². The molecule has 6 atom stereocenters. The first-order valence-electron chi connectivity index (χ1n) is 11.2. The maximum Gasteiger partial charge on any atom is 0.216 e. The molecule has 4 rings (SSSR count). The standard InChI is InChI=1S/C25H31ClN2O6/c1-12-9-15(27)18(21(28-2)13-7-6-8-14(10-13)31-3)23(29)25(12)24(30)19-16(32-4)11-17(33-5)20(26)22(19)34-25/h6-8,10-12,15,18,21,23,28-29H,9,27H2,1-5H3/t12-,15?,18?,21?,23+,25+/m1/s1. The average Bonchev–Trinajstić information content (AvgIpc) is 3.16. The third-order valence-corrected chi connectivity index (χ3v) is 7.61. The Morgan fingerprint density at radius 3 is 2.53 bits per heavy atom. The van der Waals surface area contributed by atoms with Crippen LogP contribution in [0.25, 0.3) is 0 Å². The number of rotatable bonds is 6. The normalized spacial score (nSPS) is 28.9. The van der Waals surface area contributed by atoms with Crippen molar-refractivity contribution in [1.29, 1.82) is 0 Å². The third kappa shape index (κ3) is 3.51. The number of carbonyl (C=O) groups is 1. The van der Waals surface area contributed by atoms with Crippen LogP contribution in [-0.4, -0.2) is 57.0 Å². The number of hydrogen-bond acceptors (Lipinski definition) is 8. The van der Waals surface area contributed by atoms with Crippen LogP contribution in [0.4, 0.5) is 0 Å². The van der Waals surface area contributed by atoms with Crippen LogP contribution in [0.5, 0.6) is 23.0 Å². The number of hydrogen-bond donors (Lipinski definition) is 3. The van der Waals surface area contributed by atoms with Gasteiger partial charge in [0.1, 0.15) is 33.9 Å². The Hall–Kier alpha value is -2.52. The Morgan fingerprint density at radius 2 is 1.91 bits per heavy atom. The third-order valence-electron chi connectivity index (χ3n) is 7.25. The van der Waals surface area contributed by atoms with Crippen LogP contribution < -0.4 is 30.0 Å². The molecule has 9 heteroatoms. The molecule has 184 valence electrons. The molecule has 8 nitrogen and oxygen atoms in total. The Kier molecular flexibility index (Phi) is 6.70. The predicted octanol–water partition coefficient (Wildman–Crippen LogP) is 2.98. The average molecular weight is 491 g/mol. The van der Waals surface area contributed by atoms with Crippen LogP contribution in [0.3, 0.4) is 0 Å². The van der Waals surface area contributed by atoms with E-state index in [1.807, 2.05) is 31.2 Å². The maximum atomic E-state index is 14.0. The minimum atomic E-state index is -1.57. The summed E-state index contributed by atoms with van der Waals surface area (Å²) in [6.07, 6.45) is -0.776. The van der Waals surface area contributed by atoms with Crippen molar-refractivity contribution >= 4 is 17.4 Å². The lowest BCUT2D eigenvalue weighted by Gasteiger charge is -2.50. The number of benzene rings is 2. The molecule has 2 aromatic rings. The molecular formula is C25H31ClN2O6. The fourth-order valence-corrected chi connectivity index (χ4v) is 5.80. The summed E-state index contributed by atoms with van der Waals surface area (Å²) in [7, 11) is 6.32. The fraction of sp³-hybridized carbons (Fsp3) is 0.480. The Labute approximate surface area is 204 Å². The lowest BCUT2D eigenvalue weighted by molar-refractivity contribution is -0.118. The number of carbonyl (C=O) groups excluding carboxylic acids is 1. The SMILES string of the molecule is CNC(c1cccc(OC)c1)C1C(N)C[C@@H](C)[C@]2(Oc3c(Cl)c(OC)cc(OC)c3C2=O)[C@H]1O. The number of Topliss-reactive ketones (excluding diaryl/α,β-unsaturated/α-hetero) is 1. The predicted molar refractivity (Wildman–Crippen MR) is 128 cm³/mol. The van der Waals surface area contributed by atoms with Crippen molar-refractivity contribution in [2.75, 3.05) is 28.4 Å². The number of methoxy groups -OCH3 is 3. The summed E-state index contributed by atoms with van der Waals surface area (Å²) in [5, 5.41) is 15.3. The number of nitrogens with two attached hydrogens (primary N) is 1.